The van der Waals surface area contributed by atoms with Crippen molar-refractivity contribution in [3.63, 3.8) is 0 Å². The molecule has 35 heavy (non-hydrogen) atoms. The van der Waals surface area contributed by atoms with E-state index in [-0.39, 0.29) is 29.6 Å². The van der Waals surface area contributed by atoms with Gasteiger partial charge in [0.25, 0.3) is 5.91 Å². The monoisotopic (exact) mass is 492 g/mol. The maximum absolute atomic E-state index is 14.2. The van der Waals surface area contributed by atoms with Crippen LogP contribution < -0.4 is 0 Å². The minimum Gasteiger partial charge on any atom is -0.479 e. The van der Waals surface area contributed by atoms with Crippen LogP contribution in [0.2, 0.25) is 0 Å². The molecule has 0 radical (unpaired) electrons. The van der Waals surface area contributed by atoms with E-state index in [0.29, 0.717) is 12.0 Å². The lowest BCUT2D eigenvalue weighted by Crippen LogP contribution is -2.54. The fourth-order valence-corrected chi connectivity index (χ4v) is 5.99. The molecule has 4 rings (SSSR count). The molecular formula is C27H32N4O3S. The van der Waals surface area contributed by atoms with Crippen LogP contribution in [0.4, 0.5) is 0 Å². The third-order valence-electron chi connectivity index (χ3n) is 6.77. The number of likely N-dealkylation sites (tertiary alicyclic amines) is 1. The third kappa shape index (κ3) is 4.72. The van der Waals surface area contributed by atoms with Crippen molar-refractivity contribution in [2.75, 3.05) is 0 Å². The Labute approximate surface area is 210 Å². The number of carbonyl (C=O) groups excluding carboxylic acids is 1. The van der Waals surface area contributed by atoms with Crippen molar-refractivity contribution < 1.29 is 14.7 Å². The van der Waals surface area contributed by atoms with Crippen molar-refractivity contribution in [2.45, 2.75) is 70.4 Å². The lowest BCUT2D eigenvalue weighted by molar-refractivity contribution is -0.150. The zero-order valence-electron chi connectivity index (χ0n) is 20.8. The Hall–Kier alpha value is -3.13. The second-order valence-corrected chi connectivity index (χ2v) is 11.6. The number of nitrogens with zero attached hydrogens (tertiary/aromatic N) is 4. The first-order chi connectivity index (χ1) is 16.5. The molecule has 1 aromatic carbocycles. The predicted molar refractivity (Wildman–Crippen MR) is 135 cm³/mol. The summed E-state index contributed by atoms with van der Waals surface area (Å²) in [5, 5.41) is 10.7. The summed E-state index contributed by atoms with van der Waals surface area (Å²) in [5.41, 5.74) is 2.60. The van der Waals surface area contributed by atoms with Gasteiger partial charge < -0.3 is 10.0 Å². The summed E-state index contributed by atoms with van der Waals surface area (Å²) >= 11 is 1.43. The summed E-state index contributed by atoms with van der Waals surface area (Å²) < 4.78 is 0. The summed E-state index contributed by atoms with van der Waals surface area (Å²) in [7, 11) is 0. The number of hydrogen-bond acceptors (Lipinski definition) is 6. The molecule has 3 aromatic rings. The van der Waals surface area contributed by atoms with E-state index in [9.17, 15) is 14.7 Å². The molecule has 1 amide bonds. The lowest BCUT2D eigenvalue weighted by Gasteiger charge is -2.39. The SMILES string of the molecule is CC(C)C[C@@]1(C(=O)O)C[C@@H](c2ccncn2)[C@H](c2cncs2)N1C(=O)c1ccc(C(C)(C)C)cc1. The molecule has 1 saturated heterocycles. The van der Waals surface area contributed by atoms with E-state index >= 15 is 0 Å². The summed E-state index contributed by atoms with van der Waals surface area (Å²) in [6, 6.07) is 8.85. The quantitative estimate of drug-likeness (QED) is 0.490. The maximum Gasteiger partial charge on any atom is 0.329 e. The number of carboxylic acid groups (broad SMARTS) is 1. The van der Waals surface area contributed by atoms with Crippen LogP contribution in [0.1, 0.15) is 85.9 Å². The number of hydrogen-bond donors (Lipinski definition) is 1. The van der Waals surface area contributed by atoms with Crippen molar-refractivity contribution in [2.24, 2.45) is 5.92 Å². The van der Waals surface area contributed by atoms with Gasteiger partial charge in [-0.2, -0.15) is 0 Å². The van der Waals surface area contributed by atoms with Crippen molar-refractivity contribution in [3.8, 4) is 0 Å². The first kappa shape index (κ1) is 25.0. The van der Waals surface area contributed by atoms with Gasteiger partial charge in [-0.15, -0.1) is 11.3 Å². The number of carboxylic acids is 1. The van der Waals surface area contributed by atoms with Gasteiger partial charge >= 0.3 is 5.97 Å². The number of amides is 1. The highest BCUT2D eigenvalue weighted by Gasteiger charge is 2.59. The van der Waals surface area contributed by atoms with Crippen LogP contribution in [0, 0.1) is 5.92 Å². The van der Waals surface area contributed by atoms with Gasteiger partial charge in [0.15, 0.2) is 0 Å². The Morgan fingerprint density at radius 2 is 1.89 bits per heavy atom. The summed E-state index contributed by atoms with van der Waals surface area (Å²) in [5.74, 6) is -1.51. The average molecular weight is 493 g/mol. The summed E-state index contributed by atoms with van der Waals surface area (Å²) in [6.07, 6.45) is 5.48. The molecule has 184 valence electrons. The van der Waals surface area contributed by atoms with Gasteiger partial charge in [0.1, 0.15) is 11.9 Å². The number of thiazole rings is 1. The van der Waals surface area contributed by atoms with Crippen LogP contribution in [0.5, 0.6) is 0 Å². The minimum absolute atomic E-state index is 0.0546. The number of carbonyl (C=O) groups is 2. The molecule has 3 atom stereocenters. The van der Waals surface area contributed by atoms with Crippen LogP contribution in [0.3, 0.4) is 0 Å². The number of aromatic nitrogens is 3. The third-order valence-corrected chi connectivity index (χ3v) is 7.61. The molecule has 1 fully saturated rings. The van der Waals surface area contributed by atoms with Crippen molar-refractivity contribution in [3.05, 3.63) is 76.3 Å². The number of aliphatic carboxylic acids is 1. The highest BCUT2D eigenvalue weighted by molar-refractivity contribution is 7.09. The topological polar surface area (TPSA) is 96.3 Å². The fraction of sp³-hybridized carbons (Fsp3) is 0.444. The second kappa shape index (κ2) is 9.49. The zero-order valence-corrected chi connectivity index (χ0v) is 21.6. The Morgan fingerprint density at radius 3 is 2.40 bits per heavy atom. The Bertz CT molecular complexity index is 1170. The highest BCUT2D eigenvalue weighted by atomic mass is 32.1. The van der Waals surface area contributed by atoms with Crippen LogP contribution in [0.25, 0.3) is 0 Å². The van der Waals surface area contributed by atoms with Gasteiger partial charge in [0, 0.05) is 34.4 Å². The standard InChI is InChI=1S/C27H32N4O3S/c1-17(2)12-27(25(33)34)13-20(21-10-11-28-15-30-21)23(22-14-29-16-35-22)31(27)24(32)18-6-8-19(9-7-18)26(3,4)5/h6-11,14-17,20,23H,12-13H2,1-5H3,(H,33,34)/t20-,23+,27-/m0/s1. The van der Waals surface area contributed by atoms with E-state index in [0.717, 1.165) is 16.1 Å². The average Bonchev–Trinajstić information content (AvgIpc) is 3.45. The first-order valence-corrected chi connectivity index (χ1v) is 12.7. The maximum atomic E-state index is 14.2. The van der Waals surface area contributed by atoms with Gasteiger partial charge in [-0.3, -0.25) is 9.78 Å². The Morgan fingerprint density at radius 1 is 1.17 bits per heavy atom. The Kier molecular flexibility index (Phi) is 6.77. The molecule has 0 aliphatic carbocycles. The molecule has 8 heteroatoms. The summed E-state index contributed by atoms with van der Waals surface area (Å²) in [6.45, 7) is 10.3. The molecular weight excluding hydrogens is 460 g/mol. The van der Waals surface area contributed by atoms with Crippen LogP contribution >= 0.6 is 11.3 Å². The van der Waals surface area contributed by atoms with Crippen LogP contribution in [-0.4, -0.2) is 42.4 Å². The highest BCUT2D eigenvalue weighted by Crippen LogP contribution is 2.54. The molecule has 0 bridgehead atoms. The molecule has 0 unspecified atom stereocenters. The van der Waals surface area contributed by atoms with Crippen molar-refractivity contribution >= 4 is 23.2 Å². The van der Waals surface area contributed by atoms with E-state index in [1.165, 1.54) is 17.7 Å². The second-order valence-electron chi connectivity index (χ2n) is 10.7. The zero-order chi connectivity index (χ0) is 25.4. The van der Waals surface area contributed by atoms with E-state index in [1.807, 2.05) is 44.2 Å². The molecule has 2 aromatic heterocycles. The van der Waals surface area contributed by atoms with Gasteiger partial charge in [-0.25, -0.2) is 14.8 Å². The van der Waals surface area contributed by atoms with Crippen molar-refractivity contribution in [1.29, 1.82) is 0 Å². The van der Waals surface area contributed by atoms with Gasteiger partial charge in [-0.05, 0) is 47.9 Å². The smallest absolute Gasteiger partial charge is 0.329 e. The largest absolute Gasteiger partial charge is 0.479 e. The van der Waals surface area contributed by atoms with Crippen LogP contribution in [-0.2, 0) is 10.2 Å². The van der Waals surface area contributed by atoms with E-state index in [1.54, 1.807) is 22.8 Å². The molecule has 7 nitrogen and oxygen atoms in total. The molecule has 1 aliphatic heterocycles. The molecule has 0 spiro atoms. The molecule has 3 heterocycles. The van der Waals surface area contributed by atoms with E-state index in [2.05, 4.69) is 35.7 Å². The number of benzene rings is 1. The van der Waals surface area contributed by atoms with E-state index < -0.39 is 17.6 Å². The van der Waals surface area contributed by atoms with E-state index in [4.69, 9.17) is 0 Å². The molecule has 1 aliphatic rings. The lowest BCUT2D eigenvalue weighted by atomic mass is 9.82. The normalized spacial score (nSPS) is 22.5. The van der Waals surface area contributed by atoms with Crippen molar-refractivity contribution in [1.82, 2.24) is 19.9 Å². The predicted octanol–water partition coefficient (Wildman–Crippen LogP) is 5.47. The number of rotatable bonds is 6. The van der Waals surface area contributed by atoms with Crippen LogP contribution in [0.15, 0.2) is 54.6 Å². The molecule has 0 saturated carbocycles. The minimum atomic E-state index is -1.38. The first-order valence-electron chi connectivity index (χ1n) is 11.9. The summed E-state index contributed by atoms with van der Waals surface area (Å²) in [4.78, 5) is 42.5. The van der Waals surface area contributed by atoms with Gasteiger partial charge in [0.05, 0.1) is 11.6 Å². The Balaban J connectivity index is 1.89. The fourth-order valence-electron chi connectivity index (χ4n) is 5.21. The van der Waals surface area contributed by atoms with Gasteiger partial charge in [-0.1, -0.05) is 46.8 Å². The van der Waals surface area contributed by atoms with Gasteiger partial charge in [0.2, 0.25) is 0 Å². The molecule has 1 N–H and O–H groups in total.